The zero-order chi connectivity index (χ0) is 15.9. The summed E-state index contributed by atoms with van der Waals surface area (Å²) in [5.74, 6) is -1.78. The van der Waals surface area contributed by atoms with Gasteiger partial charge in [0.1, 0.15) is 0 Å². The molecule has 1 amide bonds. The lowest BCUT2D eigenvalue weighted by Crippen LogP contribution is -2.11. The Hall–Kier alpha value is -2.53. The smallest absolute Gasteiger partial charge is 0.310 e. The van der Waals surface area contributed by atoms with Crippen molar-refractivity contribution < 1.29 is 14.7 Å². The topological polar surface area (TPSA) is 78.4 Å². The molecule has 2 aromatic rings. The van der Waals surface area contributed by atoms with Crippen molar-refractivity contribution in [3.05, 3.63) is 52.5 Å². The number of carbonyl (C=O) groups excluding carboxylic acids is 1. The minimum Gasteiger partial charge on any atom is -0.481 e. The number of carboxylic acids is 1. The van der Waals surface area contributed by atoms with Gasteiger partial charge in [-0.25, -0.2) is 0 Å². The molecule has 5 nitrogen and oxygen atoms in total. The quantitative estimate of drug-likeness (QED) is 0.786. The molecule has 1 aliphatic rings. The molecular formula is C16H13ClN2O3. The number of amides is 1. The average molecular weight is 317 g/mol. The number of anilines is 3. The molecule has 1 unspecified atom stereocenters. The molecule has 1 aliphatic heterocycles. The van der Waals surface area contributed by atoms with Crippen LogP contribution in [-0.4, -0.2) is 17.0 Å². The van der Waals surface area contributed by atoms with Crippen LogP contribution in [0.15, 0.2) is 36.4 Å². The molecule has 3 rings (SSSR count). The number of rotatable bonds is 2. The van der Waals surface area contributed by atoms with Gasteiger partial charge in [0.25, 0.3) is 5.91 Å². The molecule has 3 N–H and O–H groups in total. The van der Waals surface area contributed by atoms with Crippen LogP contribution < -0.4 is 10.6 Å². The van der Waals surface area contributed by atoms with Gasteiger partial charge in [-0.2, -0.15) is 0 Å². The van der Waals surface area contributed by atoms with Gasteiger partial charge in [0.2, 0.25) is 0 Å². The molecule has 112 valence electrons. The molecule has 6 heteroatoms. The van der Waals surface area contributed by atoms with Crippen LogP contribution in [-0.2, 0) is 4.79 Å². The molecule has 22 heavy (non-hydrogen) atoms. The van der Waals surface area contributed by atoms with Crippen molar-refractivity contribution in [2.45, 2.75) is 12.8 Å². The van der Waals surface area contributed by atoms with E-state index >= 15 is 0 Å². The van der Waals surface area contributed by atoms with Crippen molar-refractivity contribution in [2.24, 2.45) is 0 Å². The predicted octanol–water partition coefficient (Wildman–Crippen LogP) is 3.84. The molecule has 0 saturated heterocycles. The summed E-state index contributed by atoms with van der Waals surface area (Å²) in [6.07, 6.45) is 0. The number of aliphatic carboxylic acids is 1. The normalized spacial score (nSPS) is 14.0. The Labute approximate surface area is 131 Å². The number of halogens is 1. The Morgan fingerprint density at radius 1 is 1.09 bits per heavy atom. The number of carbonyl (C=O) groups is 2. The maximum absolute atomic E-state index is 12.2. The Morgan fingerprint density at radius 2 is 1.86 bits per heavy atom. The van der Waals surface area contributed by atoms with Crippen LogP contribution in [0.25, 0.3) is 0 Å². The maximum Gasteiger partial charge on any atom is 0.310 e. The monoisotopic (exact) mass is 316 g/mol. The van der Waals surface area contributed by atoms with Crippen LogP contribution in [0.5, 0.6) is 0 Å². The second-order valence-corrected chi connectivity index (χ2v) is 5.57. The van der Waals surface area contributed by atoms with Gasteiger partial charge in [0, 0.05) is 5.02 Å². The van der Waals surface area contributed by atoms with E-state index in [1.165, 1.54) is 0 Å². The van der Waals surface area contributed by atoms with Crippen LogP contribution in [0.2, 0.25) is 5.02 Å². The maximum atomic E-state index is 12.2. The number of fused-ring (bicyclic) bond motifs is 2. The lowest BCUT2D eigenvalue weighted by atomic mass is 10.00. The number of hydrogen-bond donors (Lipinski definition) is 3. The van der Waals surface area contributed by atoms with Crippen molar-refractivity contribution in [3.8, 4) is 0 Å². The van der Waals surface area contributed by atoms with Crippen LogP contribution in [0.3, 0.4) is 0 Å². The van der Waals surface area contributed by atoms with Gasteiger partial charge in [0.05, 0.1) is 28.5 Å². The Balaban J connectivity index is 2.08. The fourth-order valence-electron chi connectivity index (χ4n) is 2.34. The number of hydrogen-bond acceptors (Lipinski definition) is 3. The first kappa shape index (κ1) is 14.4. The molecule has 0 aromatic heterocycles. The molecule has 0 radical (unpaired) electrons. The van der Waals surface area contributed by atoms with Crippen LogP contribution >= 0.6 is 11.6 Å². The summed E-state index contributed by atoms with van der Waals surface area (Å²) in [6.45, 7) is 1.62. The van der Waals surface area contributed by atoms with Crippen molar-refractivity contribution in [1.29, 1.82) is 0 Å². The summed E-state index contributed by atoms with van der Waals surface area (Å²) in [4.78, 5) is 23.3. The highest BCUT2D eigenvalue weighted by Crippen LogP contribution is 2.35. The van der Waals surface area contributed by atoms with Gasteiger partial charge in [-0.1, -0.05) is 17.7 Å². The molecule has 1 atom stereocenters. The first-order chi connectivity index (χ1) is 10.5. The van der Waals surface area contributed by atoms with Gasteiger partial charge < -0.3 is 15.7 Å². The summed E-state index contributed by atoms with van der Waals surface area (Å²) in [7, 11) is 0. The fraction of sp³-hybridized carbons (Fsp3) is 0.125. The zero-order valence-electron chi connectivity index (χ0n) is 11.7. The number of nitrogens with one attached hydrogen (secondary N) is 2. The van der Waals surface area contributed by atoms with E-state index in [0.29, 0.717) is 33.2 Å². The van der Waals surface area contributed by atoms with Crippen molar-refractivity contribution in [1.82, 2.24) is 0 Å². The standard InChI is InChI=1S/C16H13ClN2O3/c1-8(16(21)22)9-2-5-12-14(6-9)18-13-7-10(17)3-4-11(13)15(20)19-12/h2-8,18H,1H3,(H,19,20)(H,21,22). The van der Waals surface area contributed by atoms with E-state index < -0.39 is 11.9 Å². The number of carboxylic acid groups (broad SMARTS) is 1. The van der Waals surface area contributed by atoms with E-state index in [0.717, 1.165) is 0 Å². The van der Waals surface area contributed by atoms with Gasteiger partial charge in [-0.05, 0) is 42.8 Å². The van der Waals surface area contributed by atoms with E-state index in [1.54, 1.807) is 43.3 Å². The first-order valence-corrected chi connectivity index (χ1v) is 7.08. The van der Waals surface area contributed by atoms with E-state index in [4.69, 9.17) is 16.7 Å². The average Bonchev–Trinajstić information content (AvgIpc) is 2.60. The number of benzene rings is 2. The molecule has 1 heterocycles. The Kier molecular flexibility index (Phi) is 3.50. The van der Waals surface area contributed by atoms with Crippen molar-refractivity contribution in [3.63, 3.8) is 0 Å². The minimum atomic E-state index is -0.902. The molecule has 0 bridgehead atoms. The second kappa shape index (κ2) is 5.35. The summed E-state index contributed by atoms with van der Waals surface area (Å²) < 4.78 is 0. The highest BCUT2D eigenvalue weighted by molar-refractivity contribution is 6.31. The highest BCUT2D eigenvalue weighted by Gasteiger charge is 2.21. The molecule has 0 saturated carbocycles. The Bertz CT molecular complexity index is 789. The summed E-state index contributed by atoms with van der Waals surface area (Å²) >= 11 is 5.98. The largest absolute Gasteiger partial charge is 0.481 e. The highest BCUT2D eigenvalue weighted by atomic mass is 35.5. The molecule has 0 aliphatic carbocycles. The molecular weight excluding hydrogens is 304 g/mol. The molecule has 2 aromatic carbocycles. The van der Waals surface area contributed by atoms with E-state index in [2.05, 4.69) is 10.6 Å². The lowest BCUT2D eigenvalue weighted by Gasteiger charge is -2.13. The first-order valence-electron chi connectivity index (χ1n) is 6.70. The lowest BCUT2D eigenvalue weighted by molar-refractivity contribution is -0.138. The van der Waals surface area contributed by atoms with Gasteiger partial charge in [-0.3, -0.25) is 9.59 Å². The van der Waals surface area contributed by atoms with Crippen LogP contribution in [0.1, 0.15) is 28.8 Å². The summed E-state index contributed by atoms with van der Waals surface area (Å²) in [6, 6.07) is 10.1. The fourth-order valence-corrected chi connectivity index (χ4v) is 2.51. The zero-order valence-corrected chi connectivity index (χ0v) is 12.4. The Morgan fingerprint density at radius 3 is 2.59 bits per heavy atom. The molecule has 0 spiro atoms. The van der Waals surface area contributed by atoms with Gasteiger partial charge in [-0.15, -0.1) is 0 Å². The van der Waals surface area contributed by atoms with Crippen molar-refractivity contribution >= 4 is 40.5 Å². The summed E-state index contributed by atoms with van der Waals surface area (Å²) in [5, 5.41) is 15.6. The van der Waals surface area contributed by atoms with E-state index in [-0.39, 0.29) is 5.91 Å². The van der Waals surface area contributed by atoms with Crippen LogP contribution in [0.4, 0.5) is 17.1 Å². The van der Waals surface area contributed by atoms with Gasteiger partial charge >= 0.3 is 5.97 Å². The molecule has 0 fully saturated rings. The third-order valence-corrected chi connectivity index (χ3v) is 3.89. The predicted molar refractivity (Wildman–Crippen MR) is 85.2 cm³/mol. The summed E-state index contributed by atoms with van der Waals surface area (Å²) in [5.41, 5.74) is 2.95. The van der Waals surface area contributed by atoms with Crippen molar-refractivity contribution in [2.75, 3.05) is 10.6 Å². The van der Waals surface area contributed by atoms with Crippen LogP contribution in [0, 0.1) is 0 Å². The van der Waals surface area contributed by atoms with E-state index in [1.807, 2.05) is 0 Å². The SMILES string of the molecule is CC(C(=O)O)c1ccc2c(c1)Nc1cc(Cl)ccc1C(=O)N2. The van der Waals surface area contributed by atoms with Gasteiger partial charge in [0.15, 0.2) is 0 Å². The third-order valence-electron chi connectivity index (χ3n) is 3.66. The second-order valence-electron chi connectivity index (χ2n) is 5.13. The van der Waals surface area contributed by atoms with E-state index in [9.17, 15) is 9.59 Å². The third kappa shape index (κ3) is 2.51. The minimum absolute atomic E-state index is 0.239.